The highest BCUT2D eigenvalue weighted by molar-refractivity contribution is 5.93. The Morgan fingerprint density at radius 2 is 1.79 bits per heavy atom. The maximum atomic E-state index is 13.2. The Morgan fingerprint density at radius 1 is 1.16 bits per heavy atom. The van der Waals surface area contributed by atoms with Crippen molar-refractivity contribution in [3.63, 3.8) is 0 Å². The minimum atomic E-state index is -1.06. The van der Waals surface area contributed by atoms with Crippen LogP contribution in [0.4, 0.5) is 10.2 Å². The Balaban J connectivity index is 1.84. The molecule has 5 heteroatoms. The SMILES string of the molecule is O=C(O)c1ccc(F)nc1N1CCC(=C2CC2)CC1. The molecular weight excluding hydrogens is 247 g/mol. The first-order chi connectivity index (χ1) is 9.15. The molecule has 0 aromatic carbocycles. The standard InChI is InChI=1S/C14H15FN2O2/c15-12-4-3-11(14(18)19)13(16-12)17-7-5-10(6-8-17)9-1-2-9/h3-4H,1-2,5-8H2,(H,18,19). The summed E-state index contributed by atoms with van der Waals surface area (Å²) < 4.78 is 13.2. The highest BCUT2D eigenvalue weighted by Crippen LogP contribution is 2.36. The third-order valence-corrected chi connectivity index (χ3v) is 3.74. The number of hydrogen-bond acceptors (Lipinski definition) is 3. The lowest BCUT2D eigenvalue weighted by molar-refractivity contribution is 0.0697. The van der Waals surface area contributed by atoms with E-state index in [4.69, 9.17) is 5.11 Å². The number of hydrogen-bond donors (Lipinski definition) is 1. The summed E-state index contributed by atoms with van der Waals surface area (Å²) in [6.07, 6.45) is 4.31. The monoisotopic (exact) mass is 262 g/mol. The highest BCUT2D eigenvalue weighted by atomic mass is 19.1. The minimum Gasteiger partial charge on any atom is -0.478 e. The highest BCUT2D eigenvalue weighted by Gasteiger charge is 2.25. The van der Waals surface area contributed by atoms with Gasteiger partial charge in [0.2, 0.25) is 5.95 Å². The number of aromatic nitrogens is 1. The molecule has 1 aliphatic heterocycles. The van der Waals surface area contributed by atoms with Crippen molar-refractivity contribution in [1.29, 1.82) is 0 Å². The van der Waals surface area contributed by atoms with Crippen LogP contribution in [0.5, 0.6) is 0 Å². The third kappa shape index (κ3) is 2.45. The van der Waals surface area contributed by atoms with Crippen LogP contribution in [0.15, 0.2) is 23.3 Å². The van der Waals surface area contributed by atoms with Crippen molar-refractivity contribution in [2.24, 2.45) is 0 Å². The van der Waals surface area contributed by atoms with E-state index < -0.39 is 11.9 Å². The first-order valence-corrected chi connectivity index (χ1v) is 6.49. The molecule has 1 saturated heterocycles. The Kier molecular flexibility index (Phi) is 2.97. The number of halogens is 1. The molecule has 2 heterocycles. The average molecular weight is 262 g/mol. The van der Waals surface area contributed by atoms with E-state index >= 15 is 0 Å². The molecule has 3 rings (SSSR count). The molecule has 1 saturated carbocycles. The van der Waals surface area contributed by atoms with Crippen LogP contribution < -0.4 is 4.90 Å². The number of nitrogens with zero attached hydrogens (tertiary/aromatic N) is 2. The van der Waals surface area contributed by atoms with E-state index in [-0.39, 0.29) is 11.4 Å². The second kappa shape index (κ2) is 4.64. The number of allylic oxidation sites excluding steroid dienone is 1. The fraction of sp³-hybridized carbons (Fsp3) is 0.429. The van der Waals surface area contributed by atoms with Gasteiger partial charge in [0.15, 0.2) is 0 Å². The van der Waals surface area contributed by atoms with Crippen molar-refractivity contribution < 1.29 is 14.3 Å². The van der Waals surface area contributed by atoms with Gasteiger partial charge in [-0.2, -0.15) is 4.39 Å². The number of carboxylic acid groups (broad SMARTS) is 1. The molecule has 0 radical (unpaired) electrons. The molecule has 0 unspecified atom stereocenters. The fourth-order valence-corrected chi connectivity index (χ4v) is 2.59. The van der Waals surface area contributed by atoms with Crippen LogP contribution >= 0.6 is 0 Å². The van der Waals surface area contributed by atoms with Crippen LogP contribution in [0, 0.1) is 5.95 Å². The average Bonchev–Trinajstić information content (AvgIpc) is 3.23. The summed E-state index contributed by atoms with van der Waals surface area (Å²) >= 11 is 0. The molecule has 0 bridgehead atoms. The molecule has 100 valence electrons. The van der Waals surface area contributed by atoms with Crippen LogP contribution in [0.3, 0.4) is 0 Å². The lowest BCUT2D eigenvalue weighted by Crippen LogP contribution is -2.33. The maximum Gasteiger partial charge on any atom is 0.339 e. The molecule has 1 N–H and O–H groups in total. The van der Waals surface area contributed by atoms with E-state index in [2.05, 4.69) is 4.98 Å². The summed E-state index contributed by atoms with van der Waals surface area (Å²) in [5.41, 5.74) is 3.14. The quantitative estimate of drug-likeness (QED) is 0.657. The number of rotatable bonds is 2. The summed E-state index contributed by atoms with van der Waals surface area (Å²) in [6, 6.07) is 2.38. The molecule has 1 aliphatic carbocycles. The molecule has 0 atom stereocenters. The van der Waals surface area contributed by atoms with Gasteiger partial charge in [0.05, 0.1) is 0 Å². The summed E-state index contributed by atoms with van der Waals surface area (Å²) in [4.78, 5) is 16.8. The lowest BCUT2D eigenvalue weighted by atomic mass is 10.0. The Labute approximate surface area is 110 Å². The van der Waals surface area contributed by atoms with E-state index in [9.17, 15) is 9.18 Å². The summed E-state index contributed by atoms with van der Waals surface area (Å²) in [6.45, 7) is 1.44. The third-order valence-electron chi connectivity index (χ3n) is 3.74. The first-order valence-electron chi connectivity index (χ1n) is 6.49. The van der Waals surface area contributed by atoms with Gasteiger partial charge in [-0.15, -0.1) is 0 Å². The van der Waals surface area contributed by atoms with Crippen molar-refractivity contribution in [3.05, 3.63) is 34.8 Å². The van der Waals surface area contributed by atoms with Crippen molar-refractivity contribution in [3.8, 4) is 0 Å². The fourth-order valence-electron chi connectivity index (χ4n) is 2.59. The summed E-state index contributed by atoms with van der Waals surface area (Å²) in [7, 11) is 0. The number of carboxylic acids is 1. The molecule has 0 spiro atoms. The van der Waals surface area contributed by atoms with Crippen LogP contribution in [0.2, 0.25) is 0 Å². The number of carbonyl (C=O) groups is 1. The van der Waals surface area contributed by atoms with Gasteiger partial charge in [0.25, 0.3) is 0 Å². The van der Waals surface area contributed by atoms with Gasteiger partial charge < -0.3 is 10.0 Å². The molecule has 1 aromatic rings. The van der Waals surface area contributed by atoms with Crippen molar-refractivity contribution in [2.45, 2.75) is 25.7 Å². The largest absolute Gasteiger partial charge is 0.478 e. The lowest BCUT2D eigenvalue weighted by Gasteiger charge is -2.30. The maximum absolute atomic E-state index is 13.2. The van der Waals surface area contributed by atoms with E-state index in [1.807, 2.05) is 4.90 Å². The van der Waals surface area contributed by atoms with Gasteiger partial charge in [-0.25, -0.2) is 9.78 Å². The van der Waals surface area contributed by atoms with Gasteiger partial charge in [0.1, 0.15) is 11.4 Å². The summed E-state index contributed by atoms with van der Waals surface area (Å²) in [5.74, 6) is -1.44. The normalized spacial score (nSPS) is 18.7. The first kappa shape index (κ1) is 12.1. The Morgan fingerprint density at radius 3 is 2.37 bits per heavy atom. The predicted octanol–water partition coefficient (Wildman–Crippen LogP) is 2.61. The molecule has 4 nitrogen and oxygen atoms in total. The molecule has 19 heavy (non-hydrogen) atoms. The zero-order valence-electron chi connectivity index (χ0n) is 10.5. The van der Waals surface area contributed by atoms with Gasteiger partial charge in [0, 0.05) is 13.1 Å². The second-order valence-corrected chi connectivity index (χ2v) is 5.00. The second-order valence-electron chi connectivity index (χ2n) is 5.00. The molecule has 1 aromatic heterocycles. The van der Waals surface area contributed by atoms with Crippen molar-refractivity contribution in [1.82, 2.24) is 4.98 Å². The van der Waals surface area contributed by atoms with Crippen molar-refractivity contribution in [2.75, 3.05) is 18.0 Å². The minimum absolute atomic E-state index is 0.0731. The zero-order valence-corrected chi connectivity index (χ0v) is 10.5. The van der Waals surface area contributed by atoms with E-state index in [1.165, 1.54) is 24.5 Å². The molecular formula is C14H15FN2O2. The molecule has 2 fully saturated rings. The molecule has 2 aliphatic rings. The van der Waals surface area contributed by atoms with Gasteiger partial charge >= 0.3 is 5.97 Å². The Bertz CT molecular complexity index is 553. The number of piperidine rings is 1. The predicted molar refractivity (Wildman–Crippen MR) is 68.9 cm³/mol. The van der Waals surface area contributed by atoms with E-state index in [0.717, 1.165) is 32.0 Å². The number of aromatic carboxylic acids is 1. The number of anilines is 1. The Hall–Kier alpha value is -1.91. The van der Waals surface area contributed by atoms with Gasteiger partial charge in [-0.05, 0) is 37.8 Å². The molecule has 0 amide bonds. The summed E-state index contributed by atoms with van der Waals surface area (Å²) in [5, 5.41) is 9.14. The van der Waals surface area contributed by atoms with Crippen LogP contribution in [0.1, 0.15) is 36.0 Å². The van der Waals surface area contributed by atoms with Crippen LogP contribution in [-0.4, -0.2) is 29.1 Å². The smallest absolute Gasteiger partial charge is 0.339 e. The van der Waals surface area contributed by atoms with Crippen LogP contribution in [0.25, 0.3) is 0 Å². The topological polar surface area (TPSA) is 53.4 Å². The number of pyridine rings is 1. The van der Waals surface area contributed by atoms with Crippen molar-refractivity contribution >= 4 is 11.8 Å². The van der Waals surface area contributed by atoms with Crippen LogP contribution in [-0.2, 0) is 0 Å². The van der Waals surface area contributed by atoms with E-state index in [0.29, 0.717) is 0 Å². The van der Waals surface area contributed by atoms with E-state index in [1.54, 1.807) is 5.57 Å². The van der Waals surface area contributed by atoms with Gasteiger partial charge in [-0.3, -0.25) is 0 Å². The zero-order chi connectivity index (χ0) is 13.4. The van der Waals surface area contributed by atoms with Gasteiger partial charge in [-0.1, -0.05) is 11.1 Å².